The van der Waals surface area contributed by atoms with Crippen LogP contribution in [0.4, 0.5) is 11.5 Å². The first-order valence-electron chi connectivity index (χ1n) is 6.80. The predicted octanol–water partition coefficient (Wildman–Crippen LogP) is 3.10. The molecule has 3 rings (SSSR count). The Bertz CT molecular complexity index is 517. The number of nitrogens with one attached hydrogen (secondary N) is 1. The van der Waals surface area contributed by atoms with E-state index in [-0.39, 0.29) is 0 Å². The van der Waals surface area contributed by atoms with Gasteiger partial charge in [0.2, 0.25) is 0 Å². The molecule has 0 unspecified atom stereocenters. The number of rotatable bonds is 5. The molecule has 1 aromatic heterocycles. The summed E-state index contributed by atoms with van der Waals surface area (Å²) < 4.78 is 0. The first kappa shape index (κ1) is 12.2. The van der Waals surface area contributed by atoms with Crippen molar-refractivity contribution in [3.05, 3.63) is 54.2 Å². The van der Waals surface area contributed by atoms with Gasteiger partial charge in [-0.15, -0.1) is 0 Å². The molecule has 0 atom stereocenters. The predicted molar refractivity (Wildman–Crippen MR) is 78.6 cm³/mol. The Kier molecular flexibility index (Phi) is 3.47. The molecule has 98 valence electrons. The molecule has 1 heterocycles. The summed E-state index contributed by atoms with van der Waals surface area (Å²) in [5.41, 5.74) is 2.40. The molecule has 0 saturated heterocycles. The third kappa shape index (κ3) is 3.12. The van der Waals surface area contributed by atoms with Crippen LogP contribution in [0.25, 0.3) is 0 Å². The zero-order chi connectivity index (χ0) is 13.1. The van der Waals surface area contributed by atoms with Gasteiger partial charge in [0.05, 0.1) is 0 Å². The van der Waals surface area contributed by atoms with E-state index in [1.165, 1.54) is 18.4 Å². The van der Waals surface area contributed by atoms with Crippen molar-refractivity contribution in [2.75, 3.05) is 11.9 Å². The smallest absolute Gasteiger partial charge is 0.132 e. The average Bonchev–Trinajstić information content (AvgIpc) is 3.30. The van der Waals surface area contributed by atoms with Crippen molar-refractivity contribution in [2.24, 2.45) is 0 Å². The second kappa shape index (κ2) is 5.41. The van der Waals surface area contributed by atoms with Crippen LogP contribution in [-0.2, 0) is 6.54 Å². The normalized spacial score (nSPS) is 14.4. The molecule has 19 heavy (non-hydrogen) atoms. The molecular weight excluding hydrogens is 234 g/mol. The van der Waals surface area contributed by atoms with Gasteiger partial charge < -0.3 is 10.2 Å². The van der Waals surface area contributed by atoms with Gasteiger partial charge in [-0.05, 0) is 36.6 Å². The number of hydrogen-bond donors (Lipinski definition) is 1. The molecule has 1 N–H and O–H groups in total. The van der Waals surface area contributed by atoms with Gasteiger partial charge in [-0.25, -0.2) is 4.98 Å². The lowest BCUT2D eigenvalue weighted by molar-refractivity contribution is 0.686. The Morgan fingerprint density at radius 3 is 2.58 bits per heavy atom. The maximum atomic E-state index is 4.54. The van der Waals surface area contributed by atoms with Crippen LogP contribution in [-0.4, -0.2) is 18.1 Å². The molecule has 0 bridgehead atoms. The summed E-state index contributed by atoms with van der Waals surface area (Å²) >= 11 is 0. The fourth-order valence-corrected chi connectivity index (χ4v) is 2.05. The van der Waals surface area contributed by atoms with Crippen molar-refractivity contribution in [2.45, 2.75) is 25.4 Å². The second-order valence-corrected chi connectivity index (χ2v) is 5.07. The molecule has 2 aromatic rings. The Labute approximate surface area is 114 Å². The van der Waals surface area contributed by atoms with Crippen LogP contribution in [0.2, 0.25) is 0 Å². The van der Waals surface area contributed by atoms with E-state index in [0.717, 1.165) is 24.1 Å². The SMILES string of the molecule is CN(c1ccccc1)c1ccc(CNC2CC2)cn1. The molecule has 0 radical (unpaired) electrons. The van der Waals surface area contributed by atoms with E-state index < -0.39 is 0 Å². The zero-order valence-corrected chi connectivity index (χ0v) is 11.2. The minimum atomic E-state index is 0.742. The lowest BCUT2D eigenvalue weighted by atomic mass is 10.2. The van der Waals surface area contributed by atoms with Crippen molar-refractivity contribution < 1.29 is 0 Å². The highest BCUT2D eigenvalue weighted by Gasteiger charge is 2.19. The summed E-state index contributed by atoms with van der Waals surface area (Å²) in [4.78, 5) is 6.63. The van der Waals surface area contributed by atoms with Crippen molar-refractivity contribution in [3.63, 3.8) is 0 Å². The van der Waals surface area contributed by atoms with Crippen LogP contribution in [0, 0.1) is 0 Å². The average molecular weight is 253 g/mol. The quantitative estimate of drug-likeness (QED) is 0.887. The third-order valence-electron chi connectivity index (χ3n) is 3.47. The van der Waals surface area contributed by atoms with E-state index in [0.29, 0.717) is 0 Å². The summed E-state index contributed by atoms with van der Waals surface area (Å²) in [5, 5.41) is 3.50. The maximum Gasteiger partial charge on any atom is 0.132 e. The van der Waals surface area contributed by atoms with Crippen LogP contribution in [0.1, 0.15) is 18.4 Å². The number of benzene rings is 1. The van der Waals surface area contributed by atoms with E-state index in [1.54, 1.807) is 0 Å². The summed E-state index contributed by atoms with van der Waals surface area (Å²) in [6.45, 7) is 0.924. The Hall–Kier alpha value is -1.87. The van der Waals surface area contributed by atoms with Crippen molar-refractivity contribution in [1.29, 1.82) is 0 Å². The summed E-state index contributed by atoms with van der Waals surface area (Å²) in [6.07, 6.45) is 4.61. The minimum Gasteiger partial charge on any atom is -0.329 e. The fraction of sp³-hybridized carbons (Fsp3) is 0.312. The van der Waals surface area contributed by atoms with Crippen LogP contribution < -0.4 is 10.2 Å². The topological polar surface area (TPSA) is 28.2 Å². The van der Waals surface area contributed by atoms with E-state index in [1.807, 2.05) is 31.4 Å². The van der Waals surface area contributed by atoms with Crippen LogP contribution >= 0.6 is 0 Å². The van der Waals surface area contributed by atoms with Gasteiger partial charge in [-0.2, -0.15) is 0 Å². The number of anilines is 2. The molecule has 1 aliphatic carbocycles. The van der Waals surface area contributed by atoms with Crippen LogP contribution in [0.5, 0.6) is 0 Å². The largest absolute Gasteiger partial charge is 0.329 e. The number of pyridine rings is 1. The minimum absolute atomic E-state index is 0.742. The first-order valence-corrected chi connectivity index (χ1v) is 6.80. The van der Waals surface area contributed by atoms with Crippen molar-refractivity contribution in [3.8, 4) is 0 Å². The third-order valence-corrected chi connectivity index (χ3v) is 3.47. The molecule has 1 fully saturated rings. The highest BCUT2D eigenvalue weighted by Crippen LogP contribution is 2.22. The molecule has 0 amide bonds. The number of nitrogens with zero attached hydrogens (tertiary/aromatic N) is 2. The molecule has 0 spiro atoms. The van der Waals surface area contributed by atoms with Crippen LogP contribution in [0.3, 0.4) is 0 Å². The molecule has 1 aliphatic rings. The van der Waals surface area contributed by atoms with Crippen molar-refractivity contribution >= 4 is 11.5 Å². The lowest BCUT2D eigenvalue weighted by Gasteiger charge is -2.18. The van der Waals surface area contributed by atoms with Gasteiger partial charge in [0.15, 0.2) is 0 Å². The van der Waals surface area contributed by atoms with Gasteiger partial charge >= 0.3 is 0 Å². The monoisotopic (exact) mass is 253 g/mol. The fourth-order valence-electron chi connectivity index (χ4n) is 2.05. The molecule has 0 aliphatic heterocycles. The van der Waals surface area contributed by atoms with Gasteiger partial charge in [0.25, 0.3) is 0 Å². The zero-order valence-electron chi connectivity index (χ0n) is 11.2. The number of para-hydroxylation sites is 1. The van der Waals surface area contributed by atoms with E-state index >= 15 is 0 Å². The van der Waals surface area contributed by atoms with Gasteiger partial charge in [0.1, 0.15) is 5.82 Å². The van der Waals surface area contributed by atoms with Crippen molar-refractivity contribution in [1.82, 2.24) is 10.3 Å². The van der Waals surface area contributed by atoms with E-state index in [2.05, 4.69) is 39.5 Å². The highest BCUT2D eigenvalue weighted by atomic mass is 15.2. The number of hydrogen-bond acceptors (Lipinski definition) is 3. The summed E-state index contributed by atoms with van der Waals surface area (Å²) in [6, 6.07) is 15.3. The molecule has 3 heteroatoms. The Balaban J connectivity index is 1.67. The van der Waals surface area contributed by atoms with Crippen LogP contribution in [0.15, 0.2) is 48.7 Å². The lowest BCUT2D eigenvalue weighted by Crippen LogP contribution is -2.16. The second-order valence-electron chi connectivity index (χ2n) is 5.07. The summed E-state index contributed by atoms with van der Waals surface area (Å²) in [5.74, 6) is 0.973. The maximum absolute atomic E-state index is 4.54. The highest BCUT2D eigenvalue weighted by molar-refractivity contribution is 5.58. The molecule has 1 saturated carbocycles. The molecular formula is C16H19N3. The molecule has 1 aromatic carbocycles. The Morgan fingerprint density at radius 2 is 1.95 bits per heavy atom. The van der Waals surface area contributed by atoms with Gasteiger partial charge in [0, 0.05) is 31.5 Å². The summed E-state index contributed by atoms with van der Waals surface area (Å²) in [7, 11) is 2.04. The molecule has 3 nitrogen and oxygen atoms in total. The number of aromatic nitrogens is 1. The van der Waals surface area contributed by atoms with E-state index in [9.17, 15) is 0 Å². The van der Waals surface area contributed by atoms with Gasteiger partial charge in [-0.3, -0.25) is 0 Å². The first-order chi connectivity index (χ1) is 9.33. The van der Waals surface area contributed by atoms with Gasteiger partial charge in [-0.1, -0.05) is 24.3 Å². The van der Waals surface area contributed by atoms with E-state index in [4.69, 9.17) is 0 Å². The standard InChI is InChI=1S/C16H19N3/c1-19(15-5-3-2-4-6-15)16-10-7-13(12-18-16)11-17-14-8-9-14/h2-7,10,12,14,17H,8-9,11H2,1H3. The Morgan fingerprint density at radius 1 is 1.16 bits per heavy atom.